The molecule has 0 spiro atoms. The maximum Gasteiger partial charge on any atom is 0.220 e. The van der Waals surface area contributed by atoms with Gasteiger partial charge in [-0.15, -0.1) is 11.3 Å². The fourth-order valence-electron chi connectivity index (χ4n) is 2.10. The highest BCUT2D eigenvalue weighted by Crippen LogP contribution is 2.24. The Morgan fingerprint density at radius 2 is 2.18 bits per heavy atom. The predicted molar refractivity (Wildman–Crippen MR) is 87.3 cm³/mol. The van der Waals surface area contributed by atoms with E-state index in [0.717, 1.165) is 36.2 Å². The number of amides is 1. The summed E-state index contributed by atoms with van der Waals surface area (Å²) in [5.74, 6) is 0.630. The van der Waals surface area contributed by atoms with Gasteiger partial charge in [-0.3, -0.25) is 9.78 Å². The van der Waals surface area contributed by atoms with Crippen molar-refractivity contribution in [2.75, 3.05) is 12.3 Å². The zero-order chi connectivity index (χ0) is 15.4. The minimum absolute atomic E-state index is 0.204. The molecule has 0 unspecified atom stereocenters. The number of aromatic nitrogens is 3. The first-order valence-electron chi connectivity index (χ1n) is 6.90. The SMILES string of the molecule is Nc1cncc(-c2ccc3scnc3c2)n1.O=C1CCCN1. The molecule has 3 N–H and O–H groups in total. The van der Waals surface area contributed by atoms with Crippen LogP contribution >= 0.6 is 11.3 Å². The molecule has 0 radical (unpaired) electrons. The van der Waals surface area contributed by atoms with Crippen LogP contribution in [0.25, 0.3) is 21.5 Å². The van der Waals surface area contributed by atoms with Crippen molar-refractivity contribution < 1.29 is 4.79 Å². The molecule has 2 aromatic heterocycles. The van der Waals surface area contributed by atoms with E-state index < -0.39 is 0 Å². The van der Waals surface area contributed by atoms with Gasteiger partial charge in [-0.25, -0.2) is 9.97 Å². The normalized spacial score (nSPS) is 13.5. The number of nitrogens with one attached hydrogen (secondary N) is 1. The average molecular weight is 313 g/mol. The molecule has 112 valence electrons. The van der Waals surface area contributed by atoms with Crippen LogP contribution in [0.1, 0.15) is 12.8 Å². The number of nitrogens with zero attached hydrogens (tertiary/aromatic N) is 3. The third kappa shape index (κ3) is 3.37. The molecule has 1 amide bonds. The van der Waals surface area contributed by atoms with Crippen LogP contribution in [0.5, 0.6) is 0 Å². The van der Waals surface area contributed by atoms with Crippen molar-refractivity contribution >= 4 is 33.3 Å². The number of hydrogen-bond donors (Lipinski definition) is 2. The van der Waals surface area contributed by atoms with Gasteiger partial charge in [0.2, 0.25) is 5.91 Å². The zero-order valence-corrected chi connectivity index (χ0v) is 12.6. The van der Waals surface area contributed by atoms with E-state index in [9.17, 15) is 4.79 Å². The third-order valence-corrected chi connectivity index (χ3v) is 3.99. The van der Waals surface area contributed by atoms with E-state index in [1.165, 1.54) is 10.9 Å². The molecule has 1 saturated heterocycles. The number of thiazole rings is 1. The smallest absolute Gasteiger partial charge is 0.220 e. The summed E-state index contributed by atoms with van der Waals surface area (Å²) >= 11 is 1.62. The van der Waals surface area contributed by atoms with Crippen molar-refractivity contribution in [1.82, 2.24) is 20.3 Å². The summed E-state index contributed by atoms with van der Waals surface area (Å²) < 4.78 is 1.17. The summed E-state index contributed by atoms with van der Waals surface area (Å²) in [4.78, 5) is 22.6. The first kappa shape index (κ1) is 14.4. The van der Waals surface area contributed by atoms with E-state index in [-0.39, 0.29) is 5.91 Å². The first-order chi connectivity index (χ1) is 10.7. The molecule has 0 aliphatic carbocycles. The lowest BCUT2D eigenvalue weighted by Crippen LogP contribution is -2.12. The summed E-state index contributed by atoms with van der Waals surface area (Å²) in [6, 6.07) is 6.03. The van der Waals surface area contributed by atoms with Crippen LogP contribution in [0.15, 0.2) is 36.1 Å². The second-order valence-corrected chi connectivity index (χ2v) is 5.70. The van der Waals surface area contributed by atoms with Crippen LogP contribution in [0, 0.1) is 0 Å². The van der Waals surface area contributed by atoms with Gasteiger partial charge < -0.3 is 11.1 Å². The molecule has 6 nitrogen and oxygen atoms in total. The largest absolute Gasteiger partial charge is 0.382 e. The van der Waals surface area contributed by atoms with E-state index in [4.69, 9.17) is 5.73 Å². The van der Waals surface area contributed by atoms with Crippen LogP contribution in [0.2, 0.25) is 0 Å². The van der Waals surface area contributed by atoms with Gasteiger partial charge in [0.15, 0.2) is 0 Å². The lowest BCUT2D eigenvalue weighted by molar-refractivity contribution is -0.119. The standard InChI is InChI=1S/C11H8N4S.C4H7NO/c12-11-5-13-4-9(15-11)7-1-2-10-8(3-7)14-6-16-10;6-4-2-1-3-5-4/h1-6H,(H2,12,15);1-3H2,(H,5,6). The van der Waals surface area contributed by atoms with E-state index >= 15 is 0 Å². The Balaban J connectivity index is 0.000000202. The van der Waals surface area contributed by atoms with Gasteiger partial charge in [-0.1, -0.05) is 6.07 Å². The number of anilines is 1. The highest BCUT2D eigenvalue weighted by Gasteiger charge is 2.05. The summed E-state index contributed by atoms with van der Waals surface area (Å²) in [6.07, 6.45) is 4.99. The Kier molecular flexibility index (Phi) is 4.24. The molecule has 3 aromatic rings. The molecule has 1 aliphatic heterocycles. The number of hydrogen-bond acceptors (Lipinski definition) is 6. The minimum atomic E-state index is 0.204. The molecule has 0 atom stereocenters. The molecular formula is C15H15N5OS. The van der Waals surface area contributed by atoms with Crippen LogP contribution in [-0.4, -0.2) is 27.4 Å². The molecule has 0 saturated carbocycles. The maximum atomic E-state index is 10.1. The zero-order valence-electron chi connectivity index (χ0n) is 11.8. The number of nitrogens with two attached hydrogens (primary N) is 1. The van der Waals surface area contributed by atoms with Gasteiger partial charge in [0.1, 0.15) is 5.82 Å². The minimum Gasteiger partial charge on any atom is -0.382 e. The number of fused-ring (bicyclic) bond motifs is 1. The van der Waals surface area contributed by atoms with E-state index in [0.29, 0.717) is 5.82 Å². The fraction of sp³-hybridized carbons (Fsp3) is 0.200. The second-order valence-electron chi connectivity index (χ2n) is 4.82. The molecule has 3 heterocycles. The molecule has 4 rings (SSSR count). The molecule has 1 aliphatic rings. The Hall–Kier alpha value is -2.54. The third-order valence-electron chi connectivity index (χ3n) is 3.18. The molecular weight excluding hydrogens is 298 g/mol. The highest BCUT2D eigenvalue weighted by atomic mass is 32.1. The first-order valence-corrected chi connectivity index (χ1v) is 7.78. The monoisotopic (exact) mass is 313 g/mol. The summed E-state index contributed by atoms with van der Waals surface area (Å²) in [6.45, 7) is 0.888. The van der Waals surface area contributed by atoms with Crippen molar-refractivity contribution in [2.45, 2.75) is 12.8 Å². The Morgan fingerprint density at radius 3 is 2.86 bits per heavy atom. The van der Waals surface area contributed by atoms with Crippen LogP contribution in [0.4, 0.5) is 5.82 Å². The van der Waals surface area contributed by atoms with Crippen molar-refractivity contribution in [3.05, 3.63) is 36.1 Å². The van der Waals surface area contributed by atoms with Crippen LogP contribution in [-0.2, 0) is 4.79 Å². The summed E-state index contributed by atoms with van der Waals surface area (Å²) in [7, 11) is 0. The van der Waals surface area contributed by atoms with Gasteiger partial charge in [-0.2, -0.15) is 0 Å². The van der Waals surface area contributed by atoms with Crippen LogP contribution < -0.4 is 11.1 Å². The highest BCUT2D eigenvalue weighted by molar-refractivity contribution is 7.16. The number of benzene rings is 1. The fourth-order valence-corrected chi connectivity index (χ4v) is 2.76. The number of rotatable bonds is 1. The number of nitrogen functional groups attached to an aromatic ring is 1. The topological polar surface area (TPSA) is 93.8 Å². The van der Waals surface area contributed by atoms with Gasteiger partial charge in [0.05, 0.1) is 33.8 Å². The molecule has 1 fully saturated rings. The quantitative estimate of drug-likeness (QED) is 0.718. The summed E-state index contributed by atoms with van der Waals surface area (Å²) in [5, 5.41) is 2.68. The van der Waals surface area contributed by atoms with Gasteiger partial charge in [0, 0.05) is 18.5 Å². The van der Waals surface area contributed by atoms with E-state index in [1.807, 2.05) is 23.7 Å². The van der Waals surface area contributed by atoms with Crippen LogP contribution in [0.3, 0.4) is 0 Å². The van der Waals surface area contributed by atoms with Gasteiger partial charge in [-0.05, 0) is 18.6 Å². The van der Waals surface area contributed by atoms with Crippen molar-refractivity contribution in [3.8, 4) is 11.3 Å². The Bertz CT molecular complexity index is 793. The Labute approximate surface area is 131 Å². The molecule has 1 aromatic carbocycles. The van der Waals surface area contributed by atoms with E-state index in [2.05, 4.69) is 20.3 Å². The summed E-state index contributed by atoms with van der Waals surface area (Å²) in [5.41, 5.74) is 10.2. The lowest BCUT2D eigenvalue weighted by atomic mass is 10.1. The molecule has 22 heavy (non-hydrogen) atoms. The number of carbonyl (C=O) groups is 1. The average Bonchev–Trinajstić information content (AvgIpc) is 3.18. The van der Waals surface area contributed by atoms with Crippen molar-refractivity contribution in [2.24, 2.45) is 0 Å². The van der Waals surface area contributed by atoms with Crippen molar-refractivity contribution in [1.29, 1.82) is 0 Å². The van der Waals surface area contributed by atoms with Gasteiger partial charge in [0.25, 0.3) is 0 Å². The maximum absolute atomic E-state index is 10.1. The van der Waals surface area contributed by atoms with Gasteiger partial charge >= 0.3 is 0 Å². The Morgan fingerprint density at radius 1 is 1.27 bits per heavy atom. The number of carbonyl (C=O) groups excluding carboxylic acids is 1. The lowest BCUT2D eigenvalue weighted by Gasteiger charge is -2.00. The van der Waals surface area contributed by atoms with Crippen molar-refractivity contribution in [3.63, 3.8) is 0 Å². The molecule has 0 bridgehead atoms. The molecule has 7 heteroatoms. The van der Waals surface area contributed by atoms with E-state index in [1.54, 1.807) is 17.5 Å². The second kappa shape index (κ2) is 6.48. The predicted octanol–water partition coefficient (Wildman–Crippen LogP) is 2.23.